The molecule has 8 heteroatoms. The Morgan fingerprint density at radius 1 is 1.38 bits per heavy atom. The maximum Gasteiger partial charge on any atom is 0.258 e. The third-order valence-electron chi connectivity index (χ3n) is 4.84. The van der Waals surface area contributed by atoms with Gasteiger partial charge in [-0.1, -0.05) is 17.7 Å². The predicted molar refractivity (Wildman–Crippen MR) is 98.5 cm³/mol. The van der Waals surface area contributed by atoms with Gasteiger partial charge in [-0.05, 0) is 38.5 Å². The van der Waals surface area contributed by atoms with Gasteiger partial charge in [0.2, 0.25) is 5.95 Å². The average molecular weight is 371 g/mol. The van der Waals surface area contributed by atoms with Crippen LogP contribution >= 0.6 is 11.6 Å². The van der Waals surface area contributed by atoms with Crippen molar-refractivity contribution in [3.63, 3.8) is 0 Å². The van der Waals surface area contributed by atoms with E-state index in [4.69, 9.17) is 11.6 Å². The Morgan fingerprint density at radius 2 is 2.23 bits per heavy atom. The van der Waals surface area contributed by atoms with Gasteiger partial charge < -0.3 is 4.57 Å². The van der Waals surface area contributed by atoms with Gasteiger partial charge in [-0.3, -0.25) is 10.1 Å². The van der Waals surface area contributed by atoms with Crippen molar-refractivity contribution >= 4 is 23.5 Å². The quantitative estimate of drug-likeness (QED) is 0.766. The van der Waals surface area contributed by atoms with Crippen molar-refractivity contribution in [2.45, 2.75) is 38.8 Å². The molecular formula is C18H19ClN6O. The van der Waals surface area contributed by atoms with E-state index in [1.165, 1.54) is 0 Å². The Balaban J connectivity index is 1.56. The van der Waals surface area contributed by atoms with E-state index < -0.39 is 0 Å². The van der Waals surface area contributed by atoms with Crippen LogP contribution in [-0.2, 0) is 6.42 Å². The lowest BCUT2D eigenvalue weighted by atomic mass is 10.00. The molecule has 0 bridgehead atoms. The second kappa shape index (κ2) is 6.57. The maximum absolute atomic E-state index is 12.4. The maximum atomic E-state index is 12.4. The van der Waals surface area contributed by atoms with Crippen LogP contribution in [0.1, 0.15) is 47.4 Å². The molecule has 2 atom stereocenters. The number of rotatable bonds is 3. The van der Waals surface area contributed by atoms with E-state index in [2.05, 4.69) is 31.9 Å². The van der Waals surface area contributed by atoms with E-state index in [-0.39, 0.29) is 18.0 Å². The summed E-state index contributed by atoms with van der Waals surface area (Å²) in [4.78, 5) is 21.2. The van der Waals surface area contributed by atoms with Crippen LogP contribution in [0.3, 0.4) is 0 Å². The number of aromatic nitrogens is 5. The standard InChI is InChI=1S/C18H19ClN6O/c1-11-15(24-9-8-20-12(24)2)6-7-16-21-18(23-25(11)16)22-17(26)13-4-3-5-14(19)10-13/h3-5,8-11,15H,6-7H2,1-2H3,(H,22,23,26). The van der Waals surface area contributed by atoms with E-state index >= 15 is 0 Å². The van der Waals surface area contributed by atoms with Crippen LogP contribution in [0.25, 0.3) is 0 Å². The fraction of sp³-hybridized carbons (Fsp3) is 0.333. The number of fused-ring (bicyclic) bond motifs is 1. The van der Waals surface area contributed by atoms with Crippen LogP contribution in [0.5, 0.6) is 0 Å². The molecular weight excluding hydrogens is 352 g/mol. The van der Waals surface area contributed by atoms with E-state index in [1.807, 2.05) is 24.0 Å². The zero-order chi connectivity index (χ0) is 18.3. The molecule has 0 saturated carbocycles. The lowest BCUT2D eigenvalue weighted by Gasteiger charge is -2.31. The highest BCUT2D eigenvalue weighted by Crippen LogP contribution is 2.34. The molecule has 2 aromatic heterocycles. The molecule has 1 N–H and O–H groups in total. The Kier molecular flexibility index (Phi) is 4.24. The van der Waals surface area contributed by atoms with Crippen molar-refractivity contribution in [1.29, 1.82) is 0 Å². The molecule has 0 saturated heterocycles. The van der Waals surface area contributed by atoms with Crippen LogP contribution < -0.4 is 5.32 Å². The third kappa shape index (κ3) is 2.99. The zero-order valence-corrected chi connectivity index (χ0v) is 15.3. The highest BCUT2D eigenvalue weighted by Gasteiger charge is 2.30. The summed E-state index contributed by atoms with van der Waals surface area (Å²) in [7, 11) is 0. The number of hydrogen-bond acceptors (Lipinski definition) is 4. The van der Waals surface area contributed by atoms with Crippen molar-refractivity contribution in [3.8, 4) is 0 Å². The molecule has 0 aliphatic carbocycles. The number of halogens is 1. The number of nitrogens with one attached hydrogen (secondary N) is 1. The molecule has 1 aromatic carbocycles. The second-order valence-corrected chi connectivity index (χ2v) is 6.93. The highest BCUT2D eigenvalue weighted by molar-refractivity contribution is 6.31. The number of carbonyl (C=O) groups is 1. The number of hydrogen-bond donors (Lipinski definition) is 1. The lowest BCUT2D eigenvalue weighted by Crippen LogP contribution is -2.28. The Labute approximate surface area is 156 Å². The van der Waals surface area contributed by atoms with Gasteiger partial charge in [-0.15, -0.1) is 5.10 Å². The van der Waals surface area contributed by atoms with Crippen LogP contribution in [0.2, 0.25) is 5.02 Å². The van der Waals surface area contributed by atoms with Crippen molar-refractivity contribution < 1.29 is 4.79 Å². The SMILES string of the molecule is Cc1nccn1C1CCc2nc(NC(=O)c3cccc(Cl)c3)nn2C1C. The minimum atomic E-state index is -0.273. The normalized spacial score (nSPS) is 19.2. The van der Waals surface area contributed by atoms with Gasteiger partial charge in [0.25, 0.3) is 5.91 Å². The molecule has 1 amide bonds. The van der Waals surface area contributed by atoms with Crippen molar-refractivity contribution in [2.24, 2.45) is 0 Å². The summed E-state index contributed by atoms with van der Waals surface area (Å²) in [6.07, 6.45) is 5.57. The molecule has 134 valence electrons. The Bertz CT molecular complexity index is 962. The van der Waals surface area contributed by atoms with E-state index in [1.54, 1.807) is 24.3 Å². The van der Waals surface area contributed by atoms with Crippen LogP contribution in [-0.4, -0.2) is 30.2 Å². The summed E-state index contributed by atoms with van der Waals surface area (Å²) in [5.74, 6) is 1.91. The average Bonchev–Trinajstić information content (AvgIpc) is 3.22. The van der Waals surface area contributed by atoms with Gasteiger partial charge in [0.1, 0.15) is 11.6 Å². The summed E-state index contributed by atoms with van der Waals surface area (Å²) in [6, 6.07) is 7.18. The molecule has 2 unspecified atom stereocenters. The number of carbonyl (C=O) groups excluding carboxylic acids is 1. The van der Waals surface area contributed by atoms with Gasteiger partial charge in [-0.25, -0.2) is 9.67 Å². The number of benzene rings is 1. The van der Waals surface area contributed by atoms with Gasteiger partial charge >= 0.3 is 0 Å². The van der Waals surface area contributed by atoms with E-state index in [9.17, 15) is 4.79 Å². The smallest absolute Gasteiger partial charge is 0.258 e. The van der Waals surface area contributed by atoms with E-state index in [0.29, 0.717) is 16.5 Å². The Morgan fingerprint density at radius 3 is 2.96 bits per heavy atom. The van der Waals surface area contributed by atoms with Crippen molar-refractivity contribution in [3.05, 3.63) is 58.9 Å². The van der Waals surface area contributed by atoms with Gasteiger partial charge in [-0.2, -0.15) is 4.98 Å². The van der Waals surface area contributed by atoms with E-state index in [0.717, 1.165) is 24.5 Å². The third-order valence-corrected chi connectivity index (χ3v) is 5.08. The van der Waals surface area contributed by atoms with Crippen LogP contribution in [0.15, 0.2) is 36.7 Å². The van der Waals surface area contributed by atoms with Crippen LogP contribution in [0.4, 0.5) is 5.95 Å². The monoisotopic (exact) mass is 370 g/mol. The molecule has 0 spiro atoms. The molecule has 1 aliphatic heterocycles. The molecule has 7 nitrogen and oxygen atoms in total. The summed E-state index contributed by atoms with van der Waals surface area (Å²) in [5, 5.41) is 7.80. The summed E-state index contributed by atoms with van der Waals surface area (Å²) in [5.41, 5.74) is 0.477. The van der Waals surface area contributed by atoms with Crippen LogP contribution in [0, 0.1) is 6.92 Å². The fourth-order valence-corrected chi connectivity index (χ4v) is 3.69. The number of amides is 1. The van der Waals surface area contributed by atoms with Gasteiger partial charge in [0.05, 0.1) is 12.1 Å². The molecule has 26 heavy (non-hydrogen) atoms. The first-order chi connectivity index (χ1) is 12.5. The fourth-order valence-electron chi connectivity index (χ4n) is 3.50. The number of aryl methyl sites for hydroxylation is 2. The lowest BCUT2D eigenvalue weighted by molar-refractivity contribution is 0.102. The molecule has 3 aromatic rings. The van der Waals surface area contributed by atoms with Crippen molar-refractivity contribution in [1.82, 2.24) is 24.3 Å². The number of nitrogens with zero attached hydrogens (tertiary/aromatic N) is 5. The first kappa shape index (κ1) is 16.8. The molecule has 4 rings (SSSR count). The molecule has 0 fully saturated rings. The minimum absolute atomic E-state index is 0.121. The molecule has 1 aliphatic rings. The summed E-state index contributed by atoms with van der Waals surface area (Å²) < 4.78 is 4.08. The number of imidazole rings is 1. The molecule has 3 heterocycles. The van der Waals surface area contributed by atoms with Crippen molar-refractivity contribution in [2.75, 3.05) is 5.32 Å². The minimum Gasteiger partial charge on any atom is -0.330 e. The second-order valence-electron chi connectivity index (χ2n) is 6.49. The summed E-state index contributed by atoms with van der Waals surface area (Å²) >= 11 is 5.95. The number of anilines is 1. The van der Waals surface area contributed by atoms with Gasteiger partial charge in [0.15, 0.2) is 0 Å². The first-order valence-electron chi connectivity index (χ1n) is 8.54. The summed E-state index contributed by atoms with van der Waals surface area (Å²) in [6.45, 7) is 4.12. The zero-order valence-electron chi connectivity index (χ0n) is 14.6. The largest absolute Gasteiger partial charge is 0.330 e. The topological polar surface area (TPSA) is 77.6 Å². The highest BCUT2D eigenvalue weighted by atomic mass is 35.5. The predicted octanol–water partition coefficient (Wildman–Crippen LogP) is 3.44. The van der Waals surface area contributed by atoms with Gasteiger partial charge in [0, 0.05) is 29.4 Å². The molecule has 0 radical (unpaired) electrons. The Hall–Kier alpha value is -2.67. The first-order valence-corrected chi connectivity index (χ1v) is 8.92.